The summed E-state index contributed by atoms with van der Waals surface area (Å²) >= 11 is 0. The van der Waals surface area contributed by atoms with Gasteiger partial charge in [0.1, 0.15) is 0 Å². The van der Waals surface area contributed by atoms with Gasteiger partial charge in [-0.05, 0) is 223 Å². The molecule has 10 rings (SSSR count). The molecule has 0 radical (unpaired) electrons. The maximum Gasteiger partial charge on any atom is 0.255 e. The Morgan fingerprint density at radius 2 is 0.380 bits per heavy atom. The van der Waals surface area contributed by atoms with Gasteiger partial charge >= 0.3 is 0 Å². The summed E-state index contributed by atoms with van der Waals surface area (Å²) in [7, 11) is 0. The topological polar surface area (TPSA) is 175 Å². The Hall–Kier alpha value is -13.6. The average Bonchev–Trinajstić information content (AvgIpc) is 1.24. The number of benzene rings is 10. The fourth-order valence-electron chi connectivity index (χ4n) is 8.32. The van der Waals surface area contributed by atoms with Crippen LogP contribution in [0.1, 0.15) is 110 Å². The number of nitrogens with one attached hydrogen (secondary N) is 6. The normalized spacial score (nSPS) is 9.54. The molecule has 0 spiro atoms. The standard InChI is InChI=1S/C30H20N2O2.2C24H16N2O2.2CH4/c1-3-21-5-17-27(18-6-21)31-29(33)25-13-9-23(10-14-25)24-11-15-26(16-12-24)30(34)32-28-19-7-22(4-2)8-20-28;1-3-17-5-13-21(14-6-17)25-23(27)19-9-11-20(12-10-19)24(28)26-22-15-7-18(4-2)8-16-22;1-3-17-8-12-21(13-9-17)25-23(27)19-6-5-7-20(16-19)24(28)26-22-14-10-18(4-2)11-15-22;;/h1-2,5-20H,(H,31,33)(H,32,34);2*1-2,5-16H,(H,25,27)(H,26,28);2*1H4. The van der Waals surface area contributed by atoms with Gasteiger partial charge < -0.3 is 31.9 Å². The first-order chi connectivity index (χ1) is 43.7. The maximum absolute atomic E-state index is 12.5. The third-order valence-corrected chi connectivity index (χ3v) is 13.3. The van der Waals surface area contributed by atoms with Crippen LogP contribution in [0.2, 0.25) is 0 Å². The van der Waals surface area contributed by atoms with Crippen molar-refractivity contribution in [2.24, 2.45) is 0 Å². The fourth-order valence-corrected chi connectivity index (χ4v) is 8.32. The van der Waals surface area contributed by atoms with E-state index in [-0.39, 0.29) is 50.3 Å². The summed E-state index contributed by atoms with van der Waals surface area (Å²) in [5.74, 6) is 13.6. The van der Waals surface area contributed by atoms with E-state index in [4.69, 9.17) is 38.5 Å². The number of anilines is 6. The Bertz CT molecular complexity index is 4230. The van der Waals surface area contributed by atoms with Crippen molar-refractivity contribution in [1.82, 2.24) is 0 Å². The largest absolute Gasteiger partial charge is 0.322 e. The molecule has 10 aromatic carbocycles. The molecule has 12 heteroatoms. The average molecular weight is 1200 g/mol. The maximum atomic E-state index is 12.5. The van der Waals surface area contributed by atoms with E-state index >= 15 is 0 Å². The molecule has 0 aliphatic heterocycles. The van der Waals surface area contributed by atoms with Crippen molar-refractivity contribution in [3.63, 3.8) is 0 Å². The summed E-state index contributed by atoms with van der Waals surface area (Å²) in [5, 5.41) is 16.8. The van der Waals surface area contributed by atoms with Gasteiger partial charge in [-0.2, -0.15) is 0 Å². The van der Waals surface area contributed by atoms with Gasteiger partial charge in [-0.1, -0.05) is 80.7 Å². The molecule has 0 saturated carbocycles. The van der Waals surface area contributed by atoms with Crippen LogP contribution in [0.4, 0.5) is 34.1 Å². The van der Waals surface area contributed by atoms with Crippen molar-refractivity contribution in [1.29, 1.82) is 0 Å². The van der Waals surface area contributed by atoms with Crippen LogP contribution in [0, 0.1) is 74.1 Å². The Kier molecular flexibility index (Phi) is 24.5. The molecule has 0 atom stereocenters. The number of amides is 6. The van der Waals surface area contributed by atoms with Crippen LogP contribution in [0.5, 0.6) is 0 Å². The fraction of sp³-hybridized carbons (Fsp3) is 0.0250. The molecule has 0 unspecified atom stereocenters. The van der Waals surface area contributed by atoms with Crippen LogP contribution in [-0.4, -0.2) is 35.4 Å². The lowest BCUT2D eigenvalue weighted by Crippen LogP contribution is -2.15. The van der Waals surface area contributed by atoms with Crippen molar-refractivity contribution < 1.29 is 28.8 Å². The number of hydrogen-bond acceptors (Lipinski definition) is 6. The molecule has 6 N–H and O–H groups in total. The highest BCUT2D eigenvalue weighted by Gasteiger charge is 2.14. The van der Waals surface area contributed by atoms with Gasteiger partial charge in [0.25, 0.3) is 35.4 Å². The molecule has 446 valence electrons. The molecule has 6 amide bonds. The summed E-state index contributed by atoms with van der Waals surface area (Å²) in [6.07, 6.45) is 32.0. The highest BCUT2D eigenvalue weighted by atomic mass is 16.2. The van der Waals surface area contributed by atoms with E-state index in [2.05, 4.69) is 67.4 Å². The van der Waals surface area contributed by atoms with Gasteiger partial charge in [-0.3, -0.25) is 28.8 Å². The second kappa shape index (κ2) is 33.3. The van der Waals surface area contributed by atoms with E-state index < -0.39 is 0 Å². The number of terminal acetylenes is 6. The summed E-state index contributed by atoms with van der Waals surface area (Å²) in [4.78, 5) is 74.6. The Morgan fingerprint density at radius 3 is 0.554 bits per heavy atom. The molecule has 10 aromatic rings. The Morgan fingerprint density at radius 1 is 0.217 bits per heavy atom. The van der Waals surface area contributed by atoms with Gasteiger partial charge in [0, 0.05) is 101 Å². The van der Waals surface area contributed by atoms with Gasteiger partial charge in [0.15, 0.2) is 0 Å². The van der Waals surface area contributed by atoms with Crippen molar-refractivity contribution in [3.05, 3.63) is 309 Å². The molecule has 0 fully saturated rings. The van der Waals surface area contributed by atoms with Crippen molar-refractivity contribution in [2.45, 2.75) is 14.9 Å². The van der Waals surface area contributed by atoms with Crippen LogP contribution < -0.4 is 31.9 Å². The van der Waals surface area contributed by atoms with E-state index in [0.717, 1.165) is 44.5 Å². The predicted octanol–water partition coefficient (Wildman–Crippen LogP) is 15.4. The quantitative estimate of drug-likeness (QED) is 0.0627. The first-order valence-corrected chi connectivity index (χ1v) is 27.4. The molecular formula is C80H60N6O6. The second-order valence-electron chi connectivity index (χ2n) is 19.4. The Labute approximate surface area is 537 Å². The lowest BCUT2D eigenvalue weighted by Gasteiger charge is -2.08. The SMILES string of the molecule is C.C.C#Cc1ccc(NC(=O)c2ccc(-c3ccc(C(=O)Nc4ccc(C#C)cc4)cc3)cc2)cc1.C#Cc1ccc(NC(=O)c2ccc(C(=O)Nc3ccc(C#C)cc3)cc2)cc1.C#Cc1ccc(NC(=O)c2cccc(C(=O)Nc3ccc(C#C)cc3)c2)cc1. The molecule has 12 nitrogen and oxygen atoms in total. The molecule has 0 bridgehead atoms. The van der Waals surface area contributed by atoms with Gasteiger partial charge in [-0.25, -0.2) is 0 Å². The number of rotatable bonds is 13. The van der Waals surface area contributed by atoms with Crippen molar-refractivity contribution >= 4 is 69.6 Å². The molecule has 0 aliphatic carbocycles. The molecule has 0 heterocycles. The lowest BCUT2D eigenvalue weighted by atomic mass is 10.0. The zero-order valence-electron chi connectivity index (χ0n) is 48.0. The van der Waals surface area contributed by atoms with Gasteiger partial charge in [-0.15, -0.1) is 38.5 Å². The summed E-state index contributed by atoms with van der Waals surface area (Å²) in [6.45, 7) is 0. The van der Waals surface area contributed by atoms with Crippen molar-refractivity contribution in [3.8, 4) is 85.2 Å². The van der Waals surface area contributed by atoms with E-state index in [1.807, 2.05) is 24.3 Å². The molecular weight excluding hydrogens is 1140 g/mol. The molecule has 0 aromatic heterocycles. The van der Waals surface area contributed by atoms with E-state index in [0.29, 0.717) is 67.5 Å². The van der Waals surface area contributed by atoms with Crippen LogP contribution in [0.25, 0.3) is 11.1 Å². The van der Waals surface area contributed by atoms with Crippen LogP contribution in [-0.2, 0) is 0 Å². The smallest absolute Gasteiger partial charge is 0.255 e. The molecule has 0 aliphatic rings. The summed E-state index contributed by atoms with van der Waals surface area (Å²) < 4.78 is 0. The third-order valence-electron chi connectivity index (χ3n) is 13.3. The van der Waals surface area contributed by atoms with E-state index in [1.165, 1.54) is 6.07 Å². The summed E-state index contributed by atoms with van der Waals surface area (Å²) in [5.41, 5.74) is 12.9. The zero-order valence-corrected chi connectivity index (χ0v) is 48.0. The highest BCUT2D eigenvalue weighted by molar-refractivity contribution is 6.10. The van der Waals surface area contributed by atoms with Crippen LogP contribution >= 0.6 is 0 Å². The van der Waals surface area contributed by atoms with Crippen LogP contribution in [0.3, 0.4) is 0 Å². The van der Waals surface area contributed by atoms with Crippen LogP contribution in [0.15, 0.2) is 243 Å². The Balaban J connectivity index is 0.000000218. The van der Waals surface area contributed by atoms with Crippen molar-refractivity contribution in [2.75, 3.05) is 31.9 Å². The minimum atomic E-state index is -0.318. The number of hydrogen-bond donors (Lipinski definition) is 6. The van der Waals surface area contributed by atoms with Gasteiger partial charge in [0.05, 0.1) is 0 Å². The van der Waals surface area contributed by atoms with E-state index in [1.54, 1.807) is 212 Å². The molecule has 92 heavy (non-hydrogen) atoms. The first kappa shape index (κ1) is 67.5. The zero-order chi connectivity index (χ0) is 63.8. The number of carbonyl (C=O) groups excluding carboxylic acids is 6. The molecule has 0 saturated heterocycles. The first-order valence-electron chi connectivity index (χ1n) is 27.4. The second-order valence-corrected chi connectivity index (χ2v) is 19.4. The minimum Gasteiger partial charge on any atom is -0.322 e. The third kappa shape index (κ3) is 19.2. The summed E-state index contributed by atoms with van der Waals surface area (Å²) in [6, 6.07) is 69.4. The monoisotopic (exact) mass is 1200 g/mol. The van der Waals surface area contributed by atoms with Gasteiger partial charge in [0.2, 0.25) is 0 Å². The number of carbonyl (C=O) groups is 6. The minimum absolute atomic E-state index is 0. The highest BCUT2D eigenvalue weighted by Crippen LogP contribution is 2.23. The lowest BCUT2D eigenvalue weighted by molar-refractivity contribution is 0.101. The van der Waals surface area contributed by atoms with E-state index in [9.17, 15) is 28.8 Å². The predicted molar refractivity (Wildman–Crippen MR) is 372 cm³/mol.